The Morgan fingerprint density at radius 3 is 1.95 bits per heavy atom. The highest BCUT2D eigenvalue weighted by Crippen LogP contribution is 2.46. The zero-order valence-electron chi connectivity index (χ0n) is 10.3. The Bertz CT molecular complexity index is 690. The minimum absolute atomic E-state index is 0.209. The minimum atomic E-state index is 0.209. The maximum absolute atomic E-state index is 4.50. The molecule has 0 aliphatic heterocycles. The molecule has 90 valence electrons. The maximum atomic E-state index is 4.50. The molecule has 2 aromatic carbocycles. The monoisotopic (exact) mass is 244 g/mol. The summed E-state index contributed by atoms with van der Waals surface area (Å²) in [5.41, 5.74) is 6.29. The zero-order valence-corrected chi connectivity index (χ0v) is 10.3. The first-order chi connectivity index (χ1) is 9.45. The van der Waals surface area contributed by atoms with Gasteiger partial charge in [-0.3, -0.25) is 9.97 Å². The third-order valence-corrected chi connectivity index (χ3v) is 3.71. The van der Waals surface area contributed by atoms with Crippen molar-refractivity contribution in [2.75, 3.05) is 0 Å². The van der Waals surface area contributed by atoms with Gasteiger partial charge in [0.2, 0.25) is 0 Å². The van der Waals surface area contributed by atoms with E-state index in [0.29, 0.717) is 0 Å². The molecule has 1 aromatic heterocycles. The summed E-state index contributed by atoms with van der Waals surface area (Å²) in [4.78, 5) is 8.71. The van der Waals surface area contributed by atoms with Crippen LogP contribution >= 0.6 is 0 Å². The van der Waals surface area contributed by atoms with Crippen molar-refractivity contribution in [2.24, 2.45) is 0 Å². The molecular weight excluding hydrogens is 232 g/mol. The lowest BCUT2D eigenvalue weighted by Gasteiger charge is -2.12. The molecule has 2 heteroatoms. The van der Waals surface area contributed by atoms with E-state index in [-0.39, 0.29) is 5.92 Å². The number of hydrogen-bond donors (Lipinski definition) is 0. The first-order valence-corrected chi connectivity index (χ1v) is 6.39. The maximum Gasteiger partial charge on any atom is 0.0705 e. The Hall–Kier alpha value is -2.48. The van der Waals surface area contributed by atoms with Crippen molar-refractivity contribution in [1.82, 2.24) is 9.97 Å². The van der Waals surface area contributed by atoms with Crippen LogP contribution in [0.4, 0.5) is 0 Å². The smallest absolute Gasteiger partial charge is 0.0705 e. The Labute approximate surface area is 111 Å². The van der Waals surface area contributed by atoms with Gasteiger partial charge in [0.1, 0.15) is 0 Å². The number of fused-ring (bicyclic) bond motifs is 3. The molecule has 0 radical (unpaired) electrons. The Balaban J connectivity index is 2.02. The standard InChI is InChI=1S/C17H12N2/c1-3-7-14-12(5-1)13-6-2-4-8-15(13)17(14)16-11-18-9-10-19-16/h1-11,17H. The van der Waals surface area contributed by atoms with E-state index < -0.39 is 0 Å². The topological polar surface area (TPSA) is 25.8 Å². The van der Waals surface area contributed by atoms with Crippen LogP contribution < -0.4 is 0 Å². The van der Waals surface area contributed by atoms with Gasteiger partial charge in [0.25, 0.3) is 0 Å². The number of rotatable bonds is 1. The zero-order chi connectivity index (χ0) is 12.7. The molecule has 0 bridgehead atoms. The van der Waals surface area contributed by atoms with Gasteiger partial charge in [-0.15, -0.1) is 0 Å². The molecule has 0 fully saturated rings. The van der Waals surface area contributed by atoms with Crippen LogP contribution in [-0.4, -0.2) is 9.97 Å². The molecule has 4 rings (SSSR count). The van der Waals surface area contributed by atoms with E-state index in [9.17, 15) is 0 Å². The highest BCUT2D eigenvalue weighted by molar-refractivity contribution is 5.80. The quantitative estimate of drug-likeness (QED) is 0.511. The van der Waals surface area contributed by atoms with Gasteiger partial charge in [-0.25, -0.2) is 0 Å². The average molecular weight is 244 g/mol. The number of hydrogen-bond acceptors (Lipinski definition) is 2. The van der Waals surface area contributed by atoms with Crippen molar-refractivity contribution < 1.29 is 0 Å². The highest BCUT2D eigenvalue weighted by Gasteiger charge is 2.29. The summed E-state index contributed by atoms with van der Waals surface area (Å²) in [6.45, 7) is 0. The summed E-state index contributed by atoms with van der Waals surface area (Å²) in [6.07, 6.45) is 5.35. The van der Waals surface area contributed by atoms with Gasteiger partial charge in [0.05, 0.1) is 11.6 Å². The normalized spacial score (nSPS) is 13.1. The number of benzene rings is 2. The molecule has 0 atom stereocenters. The Kier molecular flexibility index (Phi) is 2.21. The molecule has 1 aliphatic rings. The molecule has 19 heavy (non-hydrogen) atoms. The lowest BCUT2D eigenvalue weighted by atomic mass is 9.94. The van der Waals surface area contributed by atoms with Gasteiger partial charge >= 0.3 is 0 Å². The van der Waals surface area contributed by atoms with Gasteiger partial charge in [-0.2, -0.15) is 0 Å². The van der Waals surface area contributed by atoms with Crippen LogP contribution in [0.5, 0.6) is 0 Å². The van der Waals surface area contributed by atoms with Crippen LogP contribution in [0.15, 0.2) is 67.1 Å². The molecule has 0 amide bonds. The summed E-state index contributed by atoms with van der Waals surface area (Å²) >= 11 is 0. The van der Waals surface area contributed by atoms with E-state index in [1.54, 1.807) is 12.4 Å². The molecule has 0 N–H and O–H groups in total. The van der Waals surface area contributed by atoms with Gasteiger partial charge < -0.3 is 0 Å². The molecule has 1 heterocycles. The minimum Gasteiger partial charge on any atom is -0.261 e. The van der Waals surface area contributed by atoms with E-state index in [0.717, 1.165) is 5.69 Å². The van der Waals surface area contributed by atoms with Crippen molar-refractivity contribution in [3.63, 3.8) is 0 Å². The number of nitrogens with zero attached hydrogens (tertiary/aromatic N) is 2. The van der Waals surface area contributed by atoms with Gasteiger partial charge in [0, 0.05) is 18.6 Å². The molecule has 3 aromatic rings. The van der Waals surface area contributed by atoms with Gasteiger partial charge in [-0.05, 0) is 22.3 Å². The van der Waals surface area contributed by atoms with Gasteiger partial charge in [0.15, 0.2) is 0 Å². The van der Waals surface area contributed by atoms with Crippen molar-refractivity contribution in [3.05, 3.63) is 83.9 Å². The molecule has 0 unspecified atom stereocenters. The van der Waals surface area contributed by atoms with E-state index in [2.05, 4.69) is 58.5 Å². The predicted octanol–water partition coefficient (Wildman–Crippen LogP) is 3.64. The largest absolute Gasteiger partial charge is 0.261 e. The molecule has 0 spiro atoms. The Morgan fingerprint density at radius 2 is 1.37 bits per heavy atom. The van der Waals surface area contributed by atoms with Crippen LogP contribution in [-0.2, 0) is 0 Å². The second-order valence-corrected chi connectivity index (χ2v) is 4.74. The molecule has 0 saturated heterocycles. The Morgan fingerprint density at radius 1 is 0.737 bits per heavy atom. The molecular formula is C17H12N2. The van der Waals surface area contributed by atoms with E-state index in [1.807, 2.05) is 6.20 Å². The lowest BCUT2D eigenvalue weighted by molar-refractivity contribution is 0.924. The van der Waals surface area contributed by atoms with Crippen molar-refractivity contribution in [1.29, 1.82) is 0 Å². The first kappa shape index (κ1) is 10.4. The van der Waals surface area contributed by atoms with Crippen LogP contribution in [0.2, 0.25) is 0 Å². The SMILES string of the molecule is c1ccc2c(c1)-c1ccccc1C2c1cnccn1. The third-order valence-electron chi connectivity index (χ3n) is 3.71. The summed E-state index contributed by atoms with van der Waals surface area (Å²) in [5, 5.41) is 0. The van der Waals surface area contributed by atoms with Crippen molar-refractivity contribution in [2.45, 2.75) is 5.92 Å². The van der Waals surface area contributed by atoms with Crippen molar-refractivity contribution in [3.8, 4) is 11.1 Å². The predicted molar refractivity (Wildman–Crippen MR) is 74.9 cm³/mol. The lowest BCUT2D eigenvalue weighted by Crippen LogP contribution is -2.01. The van der Waals surface area contributed by atoms with Crippen LogP contribution in [0.25, 0.3) is 11.1 Å². The van der Waals surface area contributed by atoms with Crippen LogP contribution in [0.1, 0.15) is 22.7 Å². The fraction of sp³-hybridized carbons (Fsp3) is 0.0588. The van der Waals surface area contributed by atoms with Crippen LogP contribution in [0.3, 0.4) is 0 Å². The summed E-state index contributed by atoms with van der Waals surface area (Å²) < 4.78 is 0. The van der Waals surface area contributed by atoms with E-state index >= 15 is 0 Å². The first-order valence-electron chi connectivity index (χ1n) is 6.39. The molecule has 1 aliphatic carbocycles. The summed E-state index contributed by atoms with van der Waals surface area (Å²) in [7, 11) is 0. The van der Waals surface area contributed by atoms with Gasteiger partial charge in [-0.1, -0.05) is 48.5 Å². The second-order valence-electron chi connectivity index (χ2n) is 4.74. The fourth-order valence-electron chi connectivity index (χ4n) is 2.93. The average Bonchev–Trinajstić information content (AvgIpc) is 2.83. The fourth-order valence-corrected chi connectivity index (χ4v) is 2.93. The van der Waals surface area contributed by atoms with E-state index in [4.69, 9.17) is 0 Å². The second kappa shape index (κ2) is 4.02. The van der Waals surface area contributed by atoms with Crippen molar-refractivity contribution >= 4 is 0 Å². The third kappa shape index (κ3) is 1.50. The summed E-state index contributed by atoms with van der Waals surface area (Å²) in [5.74, 6) is 0.209. The van der Waals surface area contributed by atoms with Crippen LogP contribution in [0, 0.1) is 0 Å². The molecule has 2 nitrogen and oxygen atoms in total. The van der Waals surface area contributed by atoms with E-state index in [1.165, 1.54) is 22.3 Å². The molecule has 0 saturated carbocycles. The summed E-state index contributed by atoms with van der Waals surface area (Å²) in [6, 6.07) is 17.1. The highest BCUT2D eigenvalue weighted by atomic mass is 14.8. The number of aromatic nitrogens is 2.